The molecule has 110 valence electrons. The Labute approximate surface area is 121 Å². The number of ether oxygens (including phenoxy) is 2. The standard InChI is InChI=1S/C15H14O6/c1-8(16)11(15(18)19)7-14-12(17)6-9-5-10(20-2)3-4-13(9)21-14/h3-5,7,14H,6H2,1-2H3,(H,18,19). The van der Waals surface area contributed by atoms with Crippen LogP contribution in [0.2, 0.25) is 0 Å². The summed E-state index contributed by atoms with van der Waals surface area (Å²) in [5.74, 6) is -1.23. The van der Waals surface area contributed by atoms with Gasteiger partial charge in [0.25, 0.3) is 0 Å². The lowest BCUT2D eigenvalue weighted by Gasteiger charge is -2.23. The van der Waals surface area contributed by atoms with Gasteiger partial charge in [-0.25, -0.2) is 4.79 Å². The maximum Gasteiger partial charge on any atom is 0.339 e. The molecular weight excluding hydrogens is 276 g/mol. The molecule has 6 nitrogen and oxygen atoms in total. The van der Waals surface area contributed by atoms with Crippen LogP contribution in [0.15, 0.2) is 29.8 Å². The Hall–Kier alpha value is -2.63. The van der Waals surface area contributed by atoms with E-state index in [1.165, 1.54) is 7.11 Å². The van der Waals surface area contributed by atoms with E-state index in [9.17, 15) is 14.4 Å². The molecule has 1 atom stereocenters. The molecular formula is C15H14O6. The van der Waals surface area contributed by atoms with E-state index in [1.54, 1.807) is 18.2 Å². The number of hydrogen-bond acceptors (Lipinski definition) is 5. The molecule has 1 aromatic rings. The number of fused-ring (bicyclic) bond motifs is 1. The molecule has 0 aliphatic carbocycles. The largest absolute Gasteiger partial charge is 0.497 e. The quantitative estimate of drug-likeness (QED) is 0.508. The smallest absolute Gasteiger partial charge is 0.339 e. The second-order valence-electron chi connectivity index (χ2n) is 4.60. The van der Waals surface area contributed by atoms with Crippen LogP contribution < -0.4 is 9.47 Å². The van der Waals surface area contributed by atoms with Crippen molar-refractivity contribution in [2.75, 3.05) is 7.11 Å². The molecule has 1 heterocycles. The molecule has 0 aromatic heterocycles. The van der Waals surface area contributed by atoms with Crippen molar-refractivity contribution in [2.45, 2.75) is 19.4 Å². The number of carbonyl (C=O) groups excluding carboxylic acids is 2. The number of Topliss-reactive ketones (excluding diaryl/α,β-unsaturated/α-hetero) is 2. The summed E-state index contributed by atoms with van der Waals surface area (Å²) in [5, 5.41) is 8.95. The summed E-state index contributed by atoms with van der Waals surface area (Å²) in [6.07, 6.45) is 0.0828. The van der Waals surface area contributed by atoms with Gasteiger partial charge >= 0.3 is 5.97 Å². The third-order valence-electron chi connectivity index (χ3n) is 3.13. The molecule has 2 rings (SSSR count). The molecule has 0 saturated carbocycles. The van der Waals surface area contributed by atoms with Crippen molar-refractivity contribution in [3.05, 3.63) is 35.4 Å². The number of ketones is 2. The van der Waals surface area contributed by atoms with E-state index in [0.29, 0.717) is 17.1 Å². The number of carboxylic acid groups (broad SMARTS) is 1. The van der Waals surface area contributed by atoms with Gasteiger partial charge < -0.3 is 14.6 Å². The van der Waals surface area contributed by atoms with Gasteiger partial charge in [-0.05, 0) is 31.2 Å². The van der Waals surface area contributed by atoms with Crippen LogP contribution in [0.1, 0.15) is 12.5 Å². The van der Waals surface area contributed by atoms with Crippen LogP contribution in [-0.4, -0.2) is 35.9 Å². The Morgan fingerprint density at radius 1 is 1.43 bits per heavy atom. The average molecular weight is 290 g/mol. The first kappa shape index (κ1) is 14.8. The molecule has 0 bridgehead atoms. The van der Waals surface area contributed by atoms with Gasteiger partial charge in [-0.1, -0.05) is 0 Å². The predicted molar refractivity (Wildman–Crippen MR) is 72.5 cm³/mol. The summed E-state index contributed by atoms with van der Waals surface area (Å²) >= 11 is 0. The summed E-state index contributed by atoms with van der Waals surface area (Å²) in [6, 6.07) is 5.02. The fourth-order valence-electron chi connectivity index (χ4n) is 2.04. The molecule has 1 aliphatic heterocycles. The van der Waals surface area contributed by atoms with Crippen molar-refractivity contribution >= 4 is 17.5 Å². The molecule has 1 unspecified atom stereocenters. The number of methoxy groups -OCH3 is 1. The van der Waals surface area contributed by atoms with Gasteiger partial charge in [0.05, 0.1) is 7.11 Å². The Kier molecular flexibility index (Phi) is 4.07. The van der Waals surface area contributed by atoms with E-state index in [4.69, 9.17) is 14.6 Å². The highest BCUT2D eigenvalue weighted by Crippen LogP contribution is 2.30. The molecule has 1 aromatic carbocycles. The third-order valence-corrected chi connectivity index (χ3v) is 3.13. The maximum atomic E-state index is 12.0. The van der Waals surface area contributed by atoms with Gasteiger partial charge in [-0.15, -0.1) is 0 Å². The lowest BCUT2D eigenvalue weighted by molar-refractivity contribution is -0.134. The highest BCUT2D eigenvalue weighted by Gasteiger charge is 2.28. The molecule has 0 saturated heterocycles. The normalized spacial score (nSPS) is 17.7. The number of carbonyl (C=O) groups is 3. The van der Waals surface area contributed by atoms with Crippen molar-refractivity contribution in [1.82, 2.24) is 0 Å². The zero-order valence-electron chi connectivity index (χ0n) is 11.6. The van der Waals surface area contributed by atoms with Crippen LogP contribution in [0.25, 0.3) is 0 Å². The Bertz CT molecular complexity index is 628. The van der Waals surface area contributed by atoms with Crippen molar-refractivity contribution in [3.8, 4) is 11.5 Å². The predicted octanol–water partition coefficient (Wildman–Crippen LogP) is 1.17. The van der Waals surface area contributed by atoms with E-state index in [0.717, 1.165) is 13.0 Å². The highest BCUT2D eigenvalue weighted by atomic mass is 16.5. The number of rotatable bonds is 4. The van der Waals surface area contributed by atoms with Crippen molar-refractivity contribution < 1.29 is 29.0 Å². The first-order valence-corrected chi connectivity index (χ1v) is 6.24. The summed E-state index contributed by atoms with van der Waals surface area (Å²) in [4.78, 5) is 34.3. The molecule has 1 N–H and O–H groups in total. The fourth-order valence-corrected chi connectivity index (χ4v) is 2.04. The Morgan fingerprint density at radius 2 is 2.14 bits per heavy atom. The van der Waals surface area contributed by atoms with Gasteiger partial charge in [0.1, 0.15) is 17.1 Å². The summed E-state index contributed by atoms with van der Waals surface area (Å²) in [5.41, 5.74) is 0.217. The minimum atomic E-state index is -1.38. The Balaban J connectivity index is 2.32. The molecule has 0 radical (unpaired) electrons. The van der Waals surface area contributed by atoms with Gasteiger partial charge in [0.15, 0.2) is 17.7 Å². The van der Waals surface area contributed by atoms with Crippen LogP contribution in [0.3, 0.4) is 0 Å². The monoisotopic (exact) mass is 290 g/mol. The minimum Gasteiger partial charge on any atom is -0.497 e. The van der Waals surface area contributed by atoms with Crippen LogP contribution in [-0.2, 0) is 20.8 Å². The van der Waals surface area contributed by atoms with E-state index in [-0.39, 0.29) is 12.2 Å². The third kappa shape index (κ3) is 3.10. The number of benzene rings is 1. The first-order chi connectivity index (χ1) is 9.92. The molecule has 0 amide bonds. The molecule has 1 aliphatic rings. The van der Waals surface area contributed by atoms with Gasteiger partial charge in [-0.3, -0.25) is 9.59 Å². The topological polar surface area (TPSA) is 89.9 Å². The van der Waals surface area contributed by atoms with E-state index in [1.807, 2.05) is 0 Å². The van der Waals surface area contributed by atoms with E-state index < -0.39 is 23.4 Å². The molecule has 21 heavy (non-hydrogen) atoms. The second kappa shape index (κ2) is 5.78. The number of aliphatic carboxylic acids is 1. The SMILES string of the molecule is COc1ccc2c(c1)CC(=O)C(C=C(C(C)=O)C(=O)O)O2. The van der Waals surface area contributed by atoms with E-state index >= 15 is 0 Å². The van der Waals surface area contributed by atoms with Crippen molar-refractivity contribution in [1.29, 1.82) is 0 Å². The molecule has 0 spiro atoms. The van der Waals surface area contributed by atoms with Crippen LogP contribution in [0, 0.1) is 0 Å². The van der Waals surface area contributed by atoms with Gasteiger partial charge in [0.2, 0.25) is 0 Å². The van der Waals surface area contributed by atoms with Gasteiger partial charge in [-0.2, -0.15) is 0 Å². The summed E-state index contributed by atoms with van der Waals surface area (Å²) in [6.45, 7) is 1.13. The Morgan fingerprint density at radius 3 is 2.71 bits per heavy atom. The summed E-state index contributed by atoms with van der Waals surface area (Å²) in [7, 11) is 1.52. The van der Waals surface area contributed by atoms with E-state index in [2.05, 4.69) is 0 Å². The highest BCUT2D eigenvalue weighted by molar-refractivity contribution is 6.16. The van der Waals surface area contributed by atoms with Crippen LogP contribution >= 0.6 is 0 Å². The fraction of sp³-hybridized carbons (Fsp3) is 0.267. The van der Waals surface area contributed by atoms with Crippen LogP contribution in [0.4, 0.5) is 0 Å². The van der Waals surface area contributed by atoms with Crippen LogP contribution in [0.5, 0.6) is 11.5 Å². The first-order valence-electron chi connectivity index (χ1n) is 6.24. The zero-order chi connectivity index (χ0) is 15.6. The number of hydrogen-bond donors (Lipinski definition) is 1. The summed E-state index contributed by atoms with van der Waals surface area (Å²) < 4.78 is 10.5. The van der Waals surface area contributed by atoms with Crippen molar-refractivity contribution in [3.63, 3.8) is 0 Å². The minimum absolute atomic E-state index is 0.0957. The molecule has 6 heteroatoms. The zero-order valence-corrected chi connectivity index (χ0v) is 11.6. The van der Waals surface area contributed by atoms with Crippen molar-refractivity contribution in [2.24, 2.45) is 0 Å². The second-order valence-corrected chi connectivity index (χ2v) is 4.60. The lowest BCUT2D eigenvalue weighted by Crippen LogP contribution is -2.32. The maximum absolute atomic E-state index is 12.0. The lowest BCUT2D eigenvalue weighted by atomic mass is 9.98. The van der Waals surface area contributed by atoms with Gasteiger partial charge in [0, 0.05) is 12.0 Å². The number of carboxylic acids is 1. The molecule has 0 fully saturated rings. The average Bonchev–Trinajstić information content (AvgIpc) is 2.43.